The van der Waals surface area contributed by atoms with Gasteiger partial charge in [0.1, 0.15) is 0 Å². The van der Waals surface area contributed by atoms with Crippen LogP contribution in [0.2, 0.25) is 0 Å². The molecule has 6 nitrogen and oxygen atoms in total. The number of hydrogen-bond acceptors (Lipinski definition) is 4. The van der Waals surface area contributed by atoms with Crippen molar-refractivity contribution in [1.82, 2.24) is 14.8 Å². The molecule has 2 heterocycles. The molecular weight excluding hydrogens is 210 g/mol. The van der Waals surface area contributed by atoms with E-state index in [-0.39, 0.29) is 5.88 Å². The Hall–Kier alpha value is -2.37. The molecule has 0 atom stereocenters. The van der Waals surface area contributed by atoms with Gasteiger partial charge in [-0.05, 0) is 6.07 Å². The van der Waals surface area contributed by atoms with Crippen molar-refractivity contribution in [3.63, 3.8) is 0 Å². The standard InChI is InChI=1S/C10H9N3O3/c1-13-6-7(5-11-13)8-3-2-4-9(12-8)16-10(14)15/h2-6H,1H3,(H,14,15). The second-order valence-electron chi connectivity index (χ2n) is 3.13. The maximum absolute atomic E-state index is 10.3. The molecule has 2 aromatic rings. The van der Waals surface area contributed by atoms with Crippen molar-refractivity contribution < 1.29 is 14.6 Å². The molecule has 0 saturated carbocycles. The largest absolute Gasteiger partial charge is 0.512 e. The Morgan fingerprint density at radius 1 is 1.50 bits per heavy atom. The van der Waals surface area contributed by atoms with E-state index in [1.807, 2.05) is 0 Å². The molecule has 6 heteroatoms. The number of rotatable bonds is 2. The van der Waals surface area contributed by atoms with Gasteiger partial charge in [-0.2, -0.15) is 5.10 Å². The molecule has 0 aromatic carbocycles. The minimum absolute atomic E-state index is 0.0499. The third kappa shape index (κ3) is 2.17. The van der Waals surface area contributed by atoms with Gasteiger partial charge in [0.2, 0.25) is 5.88 Å². The Morgan fingerprint density at radius 3 is 2.94 bits per heavy atom. The van der Waals surface area contributed by atoms with Gasteiger partial charge in [-0.15, -0.1) is 0 Å². The summed E-state index contributed by atoms with van der Waals surface area (Å²) in [5.74, 6) is 0.0499. The van der Waals surface area contributed by atoms with Crippen LogP contribution in [0.3, 0.4) is 0 Å². The SMILES string of the molecule is Cn1cc(-c2cccc(OC(=O)O)n2)cn1. The molecular formula is C10H9N3O3. The van der Waals surface area contributed by atoms with Crippen LogP contribution in [0.5, 0.6) is 5.88 Å². The fourth-order valence-corrected chi connectivity index (χ4v) is 1.28. The summed E-state index contributed by atoms with van der Waals surface area (Å²) in [6.07, 6.45) is 2.05. The summed E-state index contributed by atoms with van der Waals surface area (Å²) in [6, 6.07) is 4.91. The summed E-state index contributed by atoms with van der Waals surface area (Å²) in [5, 5.41) is 12.5. The summed E-state index contributed by atoms with van der Waals surface area (Å²) < 4.78 is 6.10. The highest BCUT2D eigenvalue weighted by Gasteiger charge is 2.06. The van der Waals surface area contributed by atoms with E-state index in [0.717, 1.165) is 5.56 Å². The van der Waals surface area contributed by atoms with Crippen molar-refractivity contribution in [2.24, 2.45) is 7.05 Å². The van der Waals surface area contributed by atoms with Crippen LogP contribution in [-0.2, 0) is 7.05 Å². The van der Waals surface area contributed by atoms with Crippen molar-refractivity contribution in [1.29, 1.82) is 0 Å². The summed E-state index contributed by atoms with van der Waals surface area (Å²) in [6.45, 7) is 0. The van der Waals surface area contributed by atoms with Gasteiger partial charge in [-0.25, -0.2) is 9.78 Å². The van der Waals surface area contributed by atoms with E-state index >= 15 is 0 Å². The normalized spacial score (nSPS) is 10.1. The van der Waals surface area contributed by atoms with Gasteiger partial charge in [0.05, 0.1) is 11.9 Å². The lowest BCUT2D eigenvalue weighted by Crippen LogP contribution is -2.04. The average Bonchev–Trinajstić information content (AvgIpc) is 2.64. The highest BCUT2D eigenvalue weighted by Crippen LogP contribution is 2.18. The average molecular weight is 219 g/mol. The van der Waals surface area contributed by atoms with E-state index in [2.05, 4.69) is 14.8 Å². The van der Waals surface area contributed by atoms with E-state index in [1.165, 1.54) is 6.07 Å². The monoisotopic (exact) mass is 219 g/mol. The zero-order valence-corrected chi connectivity index (χ0v) is 8.49. The zero-order valence-electron chi connectivity index (χ0n) is 8.49. The number of aromatic nitrogens is 3. The van der Waals surface area contributed by atoms with Crippen molar-refractivity contribution >= 4 is 6.16 Å². The van der Waals surface area contributed by atoms with Crippen LogP contribution >= 0.6 is 0 Å². The topological polar surface area (TPSA) is 77.2 Å². The number of pyridine rings is 1. The molecule has 0 aliphatic heterocycles. The third-order valence-electron chi connectivity index (χ3n) is 1.92. The maximum Gasteiger partial charge on any atom is 0.512 e. The van der Waals surface area contributed by atoms with Crippen LogP contribution in [0.1, 0.15) is 0 Å². The van der Waals surface area contributed by atoms with Gasteiger partial charge < -0.3 is 9.84 Å². The first-order chi connectivity index (χ1) is 7.65. The van der Waals surface area contributed by atoms with E-state index < -0.39 is 6.16 Å². The number of nitrogens with zero attached hydrogens (tertiary/aromatic N) is 3. The molecule has 2 rings (SSSR count). The Bertz CT molecular complexity index is 522. The number of carbonyl (C=O) groups is 1. The second kappa shape index (κ2) is 4.01. The molecule has 0 bridgehead atoms. The van der Waals surface area contributed by atoms with Gasteiger partial charge in [-0.1, -0.05) is 6.07 Å². The lowest BCUT2D eigenvalue weighted by Gasteiger charge is -2.00. The summed E-state index contributed by atoms with van der Waals surface area (Å²) in [4.78, 5) is 14.4. The third-order valence-corrected chi connectivity index (χ3v) is 1.92. The number of aryl methyl sites for hydroxylation is 1. The molecule has 2 aromatic heterocycles. The van der Waals surface area contributed by atoms with Crippen LogP contribution < -0.4 is 4.74 Å². The summed E-state index contributed by atoms with van der Waals surface area (Å²) in [5.41, 5.74) is 1.42. The molecule has 0 amide bonds. The molecule has 0 fully saturated rings. The minimum atomic E-state index is -1.38. The fourth-order valence-electron chi connectivity index (χ4n) is 1.28. The molecule has 1 N–H and O–H groups in total. The van der Waals surface area contributed by atoms with Crippen molar-refractivity contribution in [3.8, 4) is 17.1 Å². The predicted molar refractivity (Wildman–Crippen MR) is 55.1 cm³/mol. The summed E-state index contributed by atoms with van der Waals surface area (Å²) >= 11 is 0. The van der Waals surface area contributed by atoms with Crippen molar-refractivity contribution in [2.75, 3.05) is 0 Å². The van der Waals surface area contributed by atoms with E-state index in [9.17, 15) is 4.79 Å². The van der Waals surface area contributed by atoms with Crippen LogP contribution in [0.15, 0.2) is 30.6 Å². The Kier molecular flexibility index (Phi) is 2.55. The minimum Gasteiger partial charge on any atom is -0.449 e. The van der Waals surface area contributed by atoms with Crippen LogP contribution in [0, 0.1) is 0 Å². The number of hydrogen-bond donors (Lipinski definition) is 1. The van der Waals surface area contributed by atoms with Crippen molar-refractivity contribution in [3.05, 3.63) is 30.6 Å². The molecule has 0 radical (unpaired) electrons. The lowest BCUT2D eigenvalue weighted by molar-refractivity contribution is 0.142. The molecule has 0 aliphatic rings. The predicted octanol–water partition coefficient (Wildman–Crippen LogP) is 1.54. The fraction of sp³-hybridized carbons (Fsp3) is 0.100. The van der Waals surface area contributed by atoms with E-state index in [0.29, 0.717) is 5.69 Å². The quantitative estimate of drug-likeness (QED) is 0.775. The van der Waals surface area contributed by atoms with Crippen molar-refractivity contribution in [2.45, 2.75) is 0 Å². The molecule has 16 heavy (non-hydrogen) atoms. The Morgan fingerprint density at radius 2 is 2.31 bits per heavy atom. The van der Waals surface area contributed by atoms with Gasteiger partial charge in [0.15, 0.2) is 0 Å². The van der Waals surface area contributed by atoms with Crippen LogP contribution in [-0.4, -0.2) is 26.0 Å². The van der Waals surface area contributed by atoms with E-state index in [1.54, 1.807) is 36.3 Å². The maximum atomic E-state index is 10.3. The lowest BCUT2D eigenvalue weighted by atomic mass is 10.2. The number of carboxylic acid groups (broad SMARTS) is 1. The molecule has 0 saturated heterocycles. The first-order valence-corrected chi connectivity index (χ1v) is 4.52. The Labute approximate surface area is 91.1 Å². The molecule has 82 valence electrons. The van der Waals surface area contributed by atoms with Gasteiger partial charge in [0, 0.05) is 24.9 Å². The molecule has 0 spiro atoms. The summed E-state index contributed by atoms with van der Waals surface area (Å²) in [7, 11) is 1.79. The first kappa shape index (κ1) is 10.2. The highest BCUT2D eigenvalue weighted by atomic mass is 16.7. The molecule has 0 aliphatic carbocycles. The van der Waals surface area contributed by atoms with Gasteiger partial charge in [0.25, 0.3) is 0 Å². The highest BCUT2D eigenvalue weighted by molar-refractivity contribution is 5.62. The van der Waals surface area contributed by atoms with Gasteiger partial charge in [-0.3, -0.25) is 4.68 Å². The zero-order chi connectivity index (χ0) is 11.5. The smallest absolute Gasteiger partial charge is 0.449 e. The Balaban J connectivity index is 2.32. The van der Waals surface area contributed by atoms with Crippen LogP contribution in [0.25, 0.3) is 11.3 Å². The second-order valence-corrected chi connectivity index (χ2v) is 3.13. The van der Waals surface area contributed by atoms with Crippen LogP contribution in [0.4, 0.5) is 4.79 Å². The molecule has 0 unspecified atom stereocenters. The number of ether oxygens (including phenoxy) is 1. The first-order valence-electron chi connectivity index (χ1n) is 4.52. The van der Waals surface area contributed by atoms with Gasteiger partial charge >= 0.3 is 6.16 Å². The van der Waals surface area contributed by atoms with E-state index in [4.69, 9.17) is 5.11 Å².